The van der Waals surface area contributed by atoms with Gasteiger partial charge in [-0.15, -0.1) is 10.2 Å². The second-order valence-electron chi connectivity index (χ2n) is 6.06. The van der Waals surface area contributed by atoms with Gasteiger partial charge >= 0.3 is 0 Å². The van der Waals surface area contributed by atoms with E-state index in [1.165, 1.54) is 0 Å². The van der Waals surface area contributed by atoms with Crippen LogP contribution in [-0.4, -0.2) is 31.2 Å². The van der Waals surface area contributed by atoms with Gasteiger partial charge in [0.15, 0.2) is 0 Å². The van der Waals surface area contributed by atoms with E-state index in [1.807, 2.05) is 117 Å². The first-order chi connectivity index (χ1) is 13.4. The molecule has 4 heterocycles. The summed E-state index contributed by atoms with van der Waals surface area (Å²) in [5, 5.41) is 9.10. The van der Waals surface area contributed by atoms with E-state index in [0.29, 0.717) is 0 Å². The topological polar surface area (TPSA) is 38.6 Å². The minimum absolute atomic E-state index is 0.761. The summed E-state index contributed by atoms with van der Waals surface area (Å²) >= 11 is 0. The summed E-state index contributed by atoms with van der Waals surface area (Å²) in [7, 11) is 0. The molecule has 7 nitrogen and oxygen atoms in total. The zero-order valence-electron chi connectivity index (χ0n) is 15.3. The molecule has 0 atom stereocenters. The van der Waals surface area contributed by atoms with E-state index < -0.39 is 0 Å². The molecule has 4 aromatic rings. The minimum Gasteiger partial charge on any atom is -0.266 e. The highest BCUT2D eigenvalue weighted by Crippen LogP contribution is 2.08. The van der Waals surface area contributed by atoms with Crippen molar-refractivity contribution >= 4 is 5.96 Å². The summed E-state index contributed by atoms with van der Waals surface area (Å²) < 4.78 is 7.90. The van der Waals surface area contributed by atoms with Gasteiger partial charge in [-0.3, -0.25) is 4.68 Å². The number of nitrogens with zero attached hydrogens (tertiary/aromatic N) is 7. The maximum absolute atomic E-state index is 4.93. The van der Waals surface area contributed by atoms with Crippen molar-refractivity contribution in [2.45, 2.75) is 13.3 Å². The molecule has 0 radical (unpaired) electrons. The Balaban J connectivity index is 1.88. The molecule has 4 rings (SSSR count). The van der Waals surface area contributed by atoms with E-state index in [4.69, 9.17) is 5.10 Å². The lowest BCUT2D eigenvalue weighted by Gasteiger charge is -2.35. The molecule has 0 aliphatic rings. The van der Waals surface area contributed by atoms with Crippen molar-refractivity contribution < 1.29 is 0 Å². The van der Waals surface area contributed by atoms with Gasteiger partial charge in [0.2, 0.25) is 0 Å². The summed E-state index contributed by atoms with van der Waals surface area (Å²) in [5.74, 6) is 0.761. The Morgan fingerprint density at radius 1 is 0.667 bits per heavy atom. The van der Waals surface area contributed by atoms with E-state index in [2.05, 4.69) is 16.6 Å². The van der Waals surface area contributed by atoms with Crippen LogP contribution in [0.15, 0.2) is 103 Å². The number of hydrogen-bond acceptors (Lipinski definition) is 1. The van der Waals surface area contributed by atoms with Gasteiger partial charge in [-0.05, 0) is 55.0 Å². The van der Waals surface area contributed by atoms with Crippen molar-refractivity contribution in [1.82, 2.24) is 18.7 Å². The molecule has 0 aliphatic carbocycles. The van der Waals surface area contributed by atoms with Crippen molar-refractivity contribution in [3.8, 4) is 0 Å². The molecule has 0 fully saturated rings. The fourth-order valence-electron chi connectivity index (χ4n) is 2.94. The highest BCUT2D eigenvalue weighted by molar-refractivity contribution is 5.97. The first-order valence-corrected chi connectivity index (χ1v) is 9.06. The average molecular weight is 361 g/mol. The Labute approximate surface area is 158 Å². The molecule has 0 unspecified atom stereocenters. The van der Waals surface area contributed by atoms with Crippen LogP contribution in [0, 0.1) is 0 Å². The van der Waals surface area contributed by atoms with Crippen molar-refractivity contribution in [3.63, 3.8) is 0 Å². The average Bonchev–Trinajstić information content (AvgIpc) is 3.49. The quantitative estimate of drug-likeness (QED) is 0.391. The first kappa shape index (κ1) is 16.8. The van der Waals surface area contributed by atoms with Gasteiger partial charge in [0.1, 0.15) is 0 Å². The molecular formula is C20H23N7. The van der Waals surface area contributed by atoms with Crippen LogP contribution in [0.5, 0.6) is 0 Å². The van der Waals surface area contributed by atoms with Crippen molar-refractivity contribution in [1.29, 1.82) is 0 Å². The Hall–Kier alpha value is -3.61. The van der Waals surface area contributed by atoms with Crippen molar-refractivity contribution in [2.75, 3.05) is 16.7 Å². The second kappa shape index (κ2) is 7.74. The number of aromatic nitrogens is 4. The van der Waals surface area contributed by atoms with Crippen LogP contribution in [0.3, 0.4) is 0 Å². The fourth-order valence-corrected chi connectivity index (χ4v) is 2.94. The van der Waals surface area contributed by atoms with Gasteiger partial charge in [-0.25, -0.2) is 19.0 Å². The van der Waals surface area contributed by atoms with Gasteiger partial charge in [-0.1, -0.05) is 6.92 Å². The minimum atomic E-state index is 0.761. The molecule has 0 aliphatic heterocycles. The molecular weight excluding hydrogens is 338 g/mol. The summed E-state index contributed by atoms with van der Waals surface area (Å²) in [6, 6.07) is 16.0. The van der Waals surface area contributed by atoms with E-state index in [-0.39, 0.29) is 0 Å². The van der Waals surface area contributed by atoms with E-state index in [0.717, 1.165) is 18.9 Å². The molecule has 0 spiro atoms. The summed E-state index contributed by atoms with van der Waals surface area (Å²) in [6.45, 7) is 2.98. The maximum Gasteiger partial charge on any atom is 0.278 e. The number of guanidine groups is 1. The van der Waals surface area contributed by atoms with Crippen LogP contribution in [-0.2, 0) is 0 Å². The molecule has 0 amide bonds. The van der Waals surface area contributed by atoms with Gasteiger partial charge in [-0.2, -0.15) is 0 Å². The molecule has 0 bridgehead atoms. The monoisotopic (exact) mass is 361 g/mol. The molecule has 27 heavy (non-hydrogen) atoms. The Bertz CT molecular complexity index is 898. The standard InChI is InChI=1S/C20H23N7/c1-2-11-26(23-14-5-6-15-23)20(21-22-12-3-4-13-22)27(24-16-7-8-17-24)25-18-9-10-19-25/h3-10,12-19H,2,11H2,1H3. The van der Waals surface area contributed by atoms with Gasteiger partial charge in [0, 0.05) is 56.1 Å². The molecule has 0 saturated heterocycles. The summed E-state index contributed by atoms with van der Waals surface area (Å²) in [4.78, 5) is 0. The first-order valence-electron chi connectivity index (χ1n) is 9.06. The maximum atomic E-state index is 4.93. The molecule has 0 saturated carbocycles. The highest BCUT2D eigenvalue weighted by Gasteiger charge is 2.23. The predicted octanol–water partition coefficient (Wildman–Crippen LogP) is 3.16. The third-order valence-electron chi connectivity index (χ3n) is 4.12. The second-order valence-corrected chi connectivity index (χ2v) is 6.06. The summed E-state index contributed by atoms with van der Waals surface area (Å²) in [6.07, 6.45) is 16.9. The van der Waals surface area contributed by atoms with Gasteiger partial charge in [0.25, 0.3) is 5.96 Å². The number of hydrogen-bond donors (Lipinski definition) is 0. The molecule has 4 aromatic heterocycles. The smallest absolute Gasteiger partial charge is 0.266 e. The molecule has 138 valence electrons. The summed E-state index contributed by atoms with van der Waals surface area (Å²) in [5.41, 5.74) is 0. The van der Waals surface area contributed by atoms with Gasteiger partial charge in [0.05, 0.1) is 0 Å². The van der Waals surface area contributed by atoms with Crippen LogP contribution in [0.1, 0.15) is 13.3 Å². The molecule has 0 N–H and O–H groups in total. The van der Waals surface area contributed by atoms with Crippen molar-refractivity contribution in [2.24, 2.45) is 5.10 Å². The predicted molar refractivity (Wildman–Crippen MR) is 108 cm³/mol. The lowest BCUT2D eigenvalue weighted by Crippen LogP contribution is -2.56. The highest BCUT2D eigenvalue weighted by atomic mass is 15.8. The van der Waals surface area contributed by atoms with Crippen LogP contribution in [0.25, 0.3) is 0 Å². The van der Waals surface area contributed by atoms with Crippen LogP contribution < -0.4 is 10.1 Å². The van der Waals surface area contributed by atoms with E-state index in [1.54, 1.807) is 0 Å². The fraction of sp³-hybridized carbons (Fsp3) is 0.150. The lowest BCUT2D eigenvalue weighted by molar-refractivity contribution is 0.583. The third-order valence-corrected chi connectivity index (χ3v) is 4.12. The Kier molecular flexibility index (Phi) is 4.82. The van der Waals surface area contributed by atoms with Gasteiger partial charge < -0.3 is 0 Å². The zero-order chi connectivity index (χ0) is 18.5. The number of rotatable bonds is 6. The molecule has 0 aromatic carbocycles. The van der Waals surface area contributed by atoms with Crippen molar-refractivity contribution in [3.05, 3.63) is 98.1 Å². The Morgan fingerprint density at radius 2 is 1.11 bits per heavy atom. The lowest BCUT2D eigenvalue weighted by atomic mass is 10.5. The SMILES string of the molecule is CCCN(C(=Nn1cccc1)N(n1cccc1)n1cccc1)n1cccc1. The van der Waals surface area contributed by atoms with E-state index >= 15 is 0 Å². The normalized spacial score (nSPS) is 11.7. The van der Waals surface area contributed by atoms with Crippen LogP contribution in [0.2, 0.25) is 0 Å². The molecule has 7 heteroatoms. The zero-order valence-corrected chi connectivity index (χ0v) is 15.3. The van der Waals surface area contributed by atoms with E-state index in [9.17, 15) is 0 Å². The largest absolute Gasteiger partial charge is 0.278 e. The Morgan fingerprint density at radius 3 is 1.59 bits per heavy atom. The van der Waals surface area contributed by atoms with Crippen LogP contribution >= 0.6 is 0 Å². The third kappa shape index (κ3) is 3.52. The van der Waals surface area contributed by atoms with Crippen LogP contribution in [0.4, 0.5) is 0 Å².